The van der Waals surface area contributed by atoms with Crippen molar-refractivity contribution in [1.29, 1.82) is 0 Å². The standard InChI is InChI=1S/C8H6FNO/c9-5-7-1-3-8(4-2-7)10-6-11/h1-4H,5H2. The molecule has 0 N–H and O–H groups in total. The number of hydrogen-bond acceptors (Lipinski definition) is 2. The van der Waals surface area contributed by atoms with Gasteiger partial charge in [0, 0.05) is 0 Å². The second-order valence-electron chi connectivity index (χ2n) is 2.00. The number of hydrogen-bond donors (Lipinski definition) is 0. The molecule has 0 fully saturated rings. The number of isocyanates is 1. The van der Waals surface area contributed by atoms with Crippen LogP contribution in [0.2, 0.25) is 0 Å². The first kappa shape index (κ1) is 7.63. The molecule has 11 heavy (non-hydrogen) atoms. The van der Waals surface area contributed by atoms with Gasteiger partial charge in [-0.1, -0.05) is 12.1 Å². The van der Waals surface area contributed by atoms with Crippen LogP contribution in [0.5, 0.6) is 0 Å². The maximum Gasteiger partial charge on any atom is 0.240 e. The van der Waals surface area contributed by atoms with E-state index in [1.807, 2.05) is 0 Å². The van der Waals surface area contributed by atoms with Crippen molar-refractivity contribution in [2.75, 3.05) is 0 Å². The lowest BCUT2D eigenvalue weighted by atomic mass is 10.2. The maximum atomic E-state index is 11.9. The molecule has 0 aliphatic rings. The second kappa shape index (κ2) is 3.64. The number of alkyl halides is 1. The van der Waals surface area contributed by atoms with Crippen LogP contribution in [0.25, 0.3) is 0 Å². The molecule has 0 spiro atoms. The Kier molecular flexibility index (Phi) is 2.53. The van der Waals surface area contributed by atoms with Crippen LogP contribution in [0.3, 0.4) is 0 Å². The van der Waals surface area contributed by atoms with Crippen molar-refractivity contribution in [3.63, 3.8) is 0 Å². The molecule has 0 bridgehead atoms. The van der Waals surface area contributed by atoms with Crippen molar-refractivity contribution in [2.24, 2.45) is 4.99 Å². The van der Waals surface area contributed by atoms with Crippen molar-refractivity contribution in [3.05, 3.63) is 29.8 Å². The van der Waals surface area contributed by atoms with E-state index >= 15 is 0 Å². The summed E-state index contributed by atoms with van der Waals surface area (Å²) in [6, 6.07) is 6.30. The normalized spacial score (nSPS) is 8.82. The number of nitrogens with zero attached hydrogens (tertiary/aromatic N) is 1. The number of rotatable bonds is 2. The van der Waals surface area contributed by atoms with Gasteiger partial charge in [-0.3, -0.25) is 0 Å². The van der Waals surface area contributed by atoms with Crippen LogP contribution >= 0.6 is 0 Å². The van der Waals surface area contributed by atoms with Crippen LogP contribution in [-0.4, -0.2) is 6.08 Å². The van der Waals surface area contributed by atoms with E-state index in [-0.39, 0.29) is 0 Å². The van der Waals surface area contributed by atoms with E-state index in [1.54, 1.807) is 24.3 Å². The quantitative estimate of drug-likeness (QED) is 0.470. The molecular formula is C8H6FNO. The highest BCUT2D eigenvalue weighted by molar-refractivity contribution is 5.48. The van der Waals surface area contributed by atoms with E-state index in [0.717, 1.165) is 0 Å². The number of benzene rings is 1. The molecule has 1 aromatic carbocycles. The molecule has 2 nitrogen and oxygen atoms in total. The molecule has 1 rings (SSSR count). The van der Waals surface area contributed by atoms with Gasteiger partial charge in [0.25, 0.3) is 0 Å². The smallest absolute Gasteiger partial charge is 0.240 e. The average Bonchev–Trinajstić information content (AvgIpc) is 2.07. The van der Waals surface area contributed by atoms with Crippen LogP contribution in [0, 0.1) is 0 Å². The van der Waals surface area contributed by atoms with Crippen molar-refractivity contribution >= 4 is 11.8 Å². The van der Waals surface area contributed by atoms with Gasteiger partial charge in [-0.25, -0.2) is 9.18 Å². The highest BCUT2D eigenvalue weighted by Crippen LogP contribution is 2.12. The molecule has 3 heteroatoms. The Morgan fingerprint density at radius 1 is 1.36 bits per heavy atom. The van der Waals surface area contributed by atoms with Crippen molar-refractivity contribution in [2.45, 2.75) is 6.67 Å². The molecule has 0 radical (unpaired) electrons. The zero-order valence-corrected chi connectivity index (χ0v) is 5.75. The Morgan fingerprint density at radius 2 is 2.00 bits per heavy atom. The third-order valence-electron chi connectivity index (χ3n) is 1.27. The Hall–Kier alpha value is -1.47. The molecule has 0 saturated heterocycles. The zero-order chi connectivity index (χ0) is 8.10. The van der Waals surface area contributed by atoms with Gasteiger partial charge in [0.2, 0.25) is 6.08 Å². The van der Waals surface area contributed by atoms with Crippen LogP contribution < -0.4 is 0 Å². The van der Waals surface area contributed by atoms with Gasteiger partial charge < -0.3 is 0 Å². The summed E-state index contributed by atoms with van der Waals surface area (Å²) in [5, 5.41) is 0. The van der Waals surface area contributed by atoms with Gasteiger partial charge in [0.1, 0.15) is 6.67 Å². The van der Waals surface area contributed by atoms with Crippen molar-refractivity contribution < 1.29 is 9.18 Å². The van der Waals surface area contributed by atoms with E-state index in [1.165, 1.54) is 6.08 Å². The predicted molar refractivity (Wildman–Crippen MR) is 39.0 cm³/mol. The summed E-state index contributed by atoms with van der Waals surface area (Å²) < 4.78 is 11.9. The first-order valence-electron chi connectivity index (χ1n) is 3.09. The fourth-order valence-corrected chi connectivity index (χ4v) is 0.712. The maximum absolute atomic E-state index is 11.9. The SMILES string of the molecule is O=C=Nc1ccc(CF)cc1. The molecule has 0 aliphatic heterocycles. The van der Waals surface area contributed by atoms with Crippen LogP contribution in [0.15, 0.2) is 29.3 Å². The molecule has 0 saturated carbocycles. The molecule has 0 aromatic heterocycles. The topological polar surface area (TPSA) is 29.4 Å². The molecule has 0 unspecified atom stereocenters. The summed E-state index contributed by atoms with van der Waals surface area (Å²) in [4.78, 5) is 13.1. The van der Waals surface area contributed by atoms with E-state index in [2.05, 4.69) is 4.99 Å². The summed E-state index contributed by atoms with van der Waals surface area (Å²) in [6.07, 6.45) is 1.40. The first-order chi connectivity index (χ1) is 5.36. The largest absolute Gasteiger partial charge is 0.246 e. The van der Waals surface area contributed by atoms with Gasteiger partial charge in [0.05, 0.1) is 5.69 Å². The van der Waals surface area contributed by atoms with Gasteiger partial charge in [0.15, 0.2) is 0 Å². The summed E-state index contributed by atoms with van der Waals surface area (Å²) in [6.45, 7) is -0.495. The zero-order valence-electron chi connectivity index (χ0n) is 5.75. The highest BCUT2D eigenvalue weighted by atomic mass is 19.1. The summed E-state index contributed by atoms with van der Waals surface area (Å²) in [5.74, 6) is 0. The number of aliphatic imine (C=N–C) groups is 1. The summed E-state index contributed by atoms with van der Waals surface area (Å²) in [5.41, 5.74) is 1.08. The van der Waals surface area contributed by atoms with Crippen molar-refractivity contribution in [1.82, 2.24) is 0 Å². The Labute approximate surface area is 63.4 Å². The minimum absolute atomic E-state index is 0.495. The second-order valence-corrected chi connectivity index (χ2v) is 2.00. The lowest BCUT2D eigenvalue weighted by Gasteiger charge is -1.92. The number of halogens is 1. The molecule has 0 heterocycles. The van der Waals surface area contributed by atoms with Gasteiger partial charge in [-0.2, -0.15) is 4.99 Å². The Morgan fingerprint density at radius 3 is 2.45 bits per heavy atom. The number of carbonyl (C=O) groups excluding carboxylic acids is 1. The monoisotopic (exact) mass is 151 g/mol. The molecular weight excluding hydrogens is 145 g/mol. The van der Waals surface area contributed by atoms with Gasteiger partial charge in [-0.15, -0.1) is 0 Å². The minimum Gasteiger partial charge on any atom is -0.246 e. The highest BCUT2D eigenvalue weighted by Gasteiger charge is 1.90. The van der Waals surface area contributed by atoms with E-state index in [0.29, 0.717) is 11.3 Å². The third kappa shape index (κ3) is 1.99. The first-order valence-corrected chi connectivity index (χ1v) is 3.09. The van der Waals surface area contributed by atoms with E-state index < -0.39 is 6.67 Å². The average molecular weight is 151 g/mol. The third-order valence-corrected chi connectivity index (χ3v) is 1.27. The summed E-state index contributed by atoms with van der Waals surface area (Å²) in [7, 11) is 0. The van der Waals surface area contributed by atoms with E-state index in [4.69, 9.17) is 0 Å². The Bertz CT molecular complexity index is 275. The Balaban J connectivity index is 2.91. The fourth-order valence-electron chi connectivity index (χ4n) is 0.712. The molecule has 1 aromatic rings. The van der Waals surface area contributed by atoms with Gasteiger partial charge in [-0.05, 0) is 17.7 Å². The van der Waals surface area contributed by atoms with Crippen LogP contribution in [0.1, 0.15) is 5.56 Å². The van der Waals surface area contributed by atoms with Crippen LogP contribution in [0.4, 0.5) is 10.1 Å². The van der Waals surface area contributed by atoms with Crippen LogP contribution in [-0.2, 0) is 11.5 Å². The minimum atomic E-state index is -0.495. The lowest BCUT2D eigenvalue weighted by molar-refractivity contribution is 0.485. The molecule has 0 atom stereocenters. The van der Waals surface area contributed by atoms with Crippen molar-refractivity contribution in [3.8, 4) is 0 Å². The molecule has 56 valence electrons. The van der Waals surface area contributed by atoms with E-state index in [9.17, 15) is 9.18 Å². The van der Waals surface area contributed by atoms with Gasteiger partial charge >= 0.3 is 0 Å². The molecule has 0 aliphatic carbocycles. The lowest BCUT2D eigenvalue weighted by Crippen LogP contribution is -1.74. The summed E-state index contributed by atoms with van der Waals surface area (Å²) >= 11 is 0. The predicted octanol–water partition coefficient (Wildman–Crippen LogP) is 2.12. The fraction of sp³-hybridized carbons (Fsp3) is 0.125. The molecule has 0 amide bonds.